The molecule has 2 rings (SSSR count). The van der Waals surface area contributed by atoms with Gasteiger partial charge in [0.25, 0.3) is 0 Å². The van der Waals surface area contributed by atoms with Crippen molar-refractivity contribution in [3.05, 3.63) is 54.1 Å². The van der Waals surface area contributed by atoms with Gasteiger partial charge in [0.05, 0.1) is 12.8 Å². The lowest BCUT2D eigenvalue weighted by atomic mass is 10.2. The van der Waals surface area contributed by atoms with E-state index < -0.39 is 12.1 Å². The number of nitrogens with zero attached hydrogens (tertiary/aromatic N) is 1. The quantitative estimate of drug-likeness (QED) is 0.831. The summed E-state index contributed by atoms with van der Waals surface area (Å²) in [5, 5.41) is 8.88. The second-order valence-electron chi connectivity index (χ2n) is 4.60. The van der Waals surface area contributed by atoms with Crippen molar-refractivity contribution >= 4 is 17.9 Å². The fraction of sp³-hybridized carbons (Fsp3) is 0.176. The van der Waals surface area contributed by atoms with Crippen LogP contribution < -0.4 is 9.47 Å². The lowest BCUT2D eigenvalue weighted by Gasteiger charge is -2.14. The molecule has 0 unspecified atom stereocenters. The summed E-state index contributed by atoms with van der Waals surface area (Å²) in [4.78, 5) is 15.2. The molecule has 1 atom stereocenters. The fourth-order valence-corrected chi connectivity index (χ4v) is 1.77. The number of para-hydroxylation sites is 1. The zero-order chi connectivity index (χ0) is 15.9. The average Bonchev–Trinajstić information content (AvgIpc) is 2.54. The molecule has 0 aliphatic heterocycles. The largest absolute Gasteiger partial charge is 0.493 e. The lowest BCUT2D eigenvalue weighted by Crippen LogP contribution is -2.23. The summed E-state index contributed by atoms with van der Waals surface area (Å²) in [6.45, 7) is 1.46. The van der Waals surface area contributed by atoms with Gasteiger partial charge in [0.2, 0.25) is 0 Å². The van der Waals surface area contributed by atoms with E-state index in [2.05, 4.69) is 4.99 Å². The van der Waals surface area contributed by atoms with Crippen LogP contribution in [0, 0.1) is 0 Å². The fourth-order valence-electron chi connectivity index (χ4n) is 1.77. The zero-order valence-corrected chi connectivity index (χ0v) is 12.4. The summed E-state index contributed by atoms with van der Waals surface area (Å²) in [6, 6.07) is 14.8. The van der Waals surface area contributed by atoms with Crippen LogP contribution in [0.3, 0.4) is 0 Å². The number of methoxy groups -OCH3 is 1. The van der Waals surface area contributed by atoms with Crippen molar-refractivity contribution < 1.29 is 19.4 Å². The normalized spacial score (nSPS) is 12.1. The topological polar surface area (TPSA) is 68.1 Å². The standard InChI is InChI=1S/C17H17NO4/c1-12(17(19)20)22-15-9-8-13(10-16(15)21-2)11-18-14-6-4-3-5-7-14/h3-12H,1-2H3,(H,19,20)/t12-/m1/s1. The lowest BCUT2D eigenvalue weighted by molar-refractivity contribution is -0.144. The van der Waals surface area contributed by atoms with E-state index in [9.17, 15) is 4.79 Å². The summed E-state index contributed by atoms with van der Waals surface area (Å²) in [5.41, 5.74) is 1.68. The van der Waals surface area contributed by atoms with Gasteiger partial charge >= 0.3 is 5.97 Å². The third-order valence-corrected chi connectivity index (χ3v) is 2.96. The molecular formula is C17H17NO4. The van der Waals surface area contributed by atoms with Gasteiger partial charge in [-0.1, -0.05) is 18.2 Å². The molecule has 0 aliphatic rings. The van der Waals surface area contributed by atoms with Crippen LogP contribution in [0.4, 0.5) is 5.69 Å². The summed E-state index contributed by atoms with van der Waals surface area (Å²) >= 11 is 0. The minimum atomic E-state index is -1.03. The molecule has 1 N–H and O–H groups in total. The number of aliphatic carboxylic acids is 1. The highest BCUT2D eigenvalue weighted by Gasteiger charge is 2.15. The van der Waals surface area contributed by atoms with Gasteiger partial charge in [0.15, 0.2) is 17.6 Å². The number of hydrogen-bond acceptors (Lipinski definition) is 4. The number of benzene rings is 2. The Bertz CT molecular complexity index is 668. The monoisotopic (exact) mass is 299 g/mol. The van der Waals surface area contributed by atoms with Crippen LogP contribution in [0.15, 0.2) is 53.5 Å². The maximum absolute atomic E-state index is 10.8. The highest BCUT2D eigenvalue weighted by Crippen LogP contribution is 2.28. The van der Waals surface area contributed by atoms with Crippen LogP contribution in [0.1, 0.15) is 12.5 Å². The molecule has 114 valence electrons. The van der Waals surface area contributed by atoms with Gasteiger partial charge in [-0.3, -0.25) is 4.99 Å². The smallest absolute Gasteiger partial charge is 0.344 e. The average molecular weight is 299 g/mol. The Morgan fingerprint density at radius 1 is 1.18 bits per heavy atom. The number of carbonyl (C=O) groups is 1. The highest BCUT2D eigenvalue weighted by molar-refractivity contribution is 5.83. The molecule has 2 aromatic carbocycles. The molecule has 0 fully saturated rings. The molecule has 2 aromatic rings. The van der Waals surface area contributed by atoms with E-state index in [1.54, 1.807) is 24.4 Å². The van der Waals surface area contributed by atoms with Gasteiger partial charge in [0.1, 0.15) is 0 Å². The van der Waals surface area contributed by atoms with E-state index in [1.165, 1.54) is 14.0 Å². The second kappa shape index (κ2) is 7.26. The van der Waals surface area contributed by atoms with E-state index >= 15 is 0 Å². The SMILES string of the molecule is COc1cc(C=Nc2ccccc2)ccc1O[C@H](C)C(=O)O. The Labute approximate surface area is 128 Å². The Hall–Kier alpha value is -2.82. The molecule has 0 saturated carbocycles. The summed E-state index contributed by atoms with van der Waals surface area (Å²) < 4.78 is 10.6. The van der Waals surface area contributed by atoms with Gasteiger partial charge in [0, 0.05) is 6.21 Å². The van der Waals surface area contributed by atoms with Crippen LogP contribution in [0.2, 0.25) is 0 Å². The predicted molar refractivity (Wildman–Crippen MR) is 84.4 cm³/mol. The van der Waals surface area contributed by atoms with Crippen LogP contribution in [-0.4, -0.2) is 30.5 Å². The first-order chi connectivity index (χ1) is 10.6. The summed E-state index contributed by atoms with van der Waals surface area (Å²) in [7, 11) is 1.51. The molecule has 5 nitrogen and oxygen atoms in total. The van der Waals surface area contributed by atoms with Crippen LogP contribution in [0.25, 0.3) is 0 Å². The van der Waals surface area contributed by atoms with Crippen LogP contribution in [-0.2, 0) is 4.79 Å². The number of carboxylic acids is 1. The van der Waals surface area contributed by atoms with Gasteiger partial charge in [-0.05, 0) is 42.8 Å². The molecule has 0 heterocycles. The van der Waals surface area contributed by atoms with E-state index in [1.807, 2.05) is 30.3 Å². The van der Waals surface area contributed by atoms with Crippen LogP contribution >= 0.6 is 0 Å². The summed E-state index contributed by atoms with van der Waals surface area (Å²) in [5.74, 6) is -0.184. The van der Waals surface area contributed by atoms with Crippen molar-refractivity contribution in [2.75, 3.05) is 7.11 Å². The van der Waals surface area contributed by atoms with Gasteiger partial charge in [-0.15, -0.1) is 0 Å². The van der Waals surface area contributed by atoms with Crippen LogP contribution in [0.5, 0.6) is 11.5 Å². The van der Waals surface area contributed by atoms with Gasteiger partial charge in [-0.25, -0.2) is 4.79 Å². The van der Waals surface area contributed by atoms with Gasteiger partial charge < -0.3 is 14.6 Å². The summed E-state index contributed by atoms with van der Waals surface area (Å²) in [6.07, 6.45) is 0.764. The highest BCUT2D eigenvalue weighted by atomic mass is 16.5. The van der Waals surface area contributed by atoms with E-state index in [0.29, 0.717) is 11.5 Å². The van der Waals surface area contributed by atoms with Crippen molar-refractivity contribution in [1.82, 2.24) is 0 Å². The number of ether oxygens (including phenoxy) is 2. The first-order valence-electron chi connectivity index (χ1n) is 6.77. The van der Waals surface area contributed by atoms with Crippen molar-refractivity contribution in [1.29, 1.82) is 0 Å². The van der Waals surface area contributed by atoms with Crippen molar-refractivity contribution in [2.24, 2.45) is 4.99 Å². The molecule has 0 saturated heterocycles. The number of aliphatic imine (C=N–C) groups is 1. The molecule has 0 aromatic heterocycles. The maximum Gasteiger partial charge on any atom is 0.344 e. The van der Waals surface area contributed by atoms with E-state index in [0.717, 1.165) is 11.3 Å². The Balaban J connectivity index is 2.18. The number of carboxylic acid groups (broad SMARTS) is 1. The first kappa shape index (κ1) is 15.6. The van der Waals surface area contributed by atoms with E-state index in [4.69, 9.17) is 14.6 Å². The number of hydrogen-bond donors (Lipinski definition) is 1. The third kappa shape index (κ3) is 4.09. The molecule has 0 spiro atoms. The number of rotatable bonds is 6. The molecule has 5 heteroatoms. The maximum atomic E-state index is 10.8. The minimum absolute atomic E-state index is 0.384. The Kier molecular flexibility index (Phi) is 5.14. The van der Waals surface area contributed by atoms with Crippen molar-refractivity contribution in [3.8, 4) is 11.5 Å². The molecule has 0 aliphatic carbocycles. The third-order valence-electron chi connectivity index (χ3n) is 2.96. The molecule has 0 amide bonds. The van der Waals surface area contributed by atoms with Crippen molar-refractivity contribution in [3.63, 3.8) is 0 Å². The zero-order valence-electron chi connectivity index (χ0n) is 12.4. The minimum Gasteiger partial charge on any atom is -0.493 e. The second-order valence-corrected chi connectivity index (χ2v) is 4.60. The Morgan fingerprint density at radius 3 is 2.55 bits per heavy atom. The predicted octanol–water partition coefficient (Wildman–Crippen LogP) is 3.30. The van der Waals surface area contributed by atoms with Crippen molar-refractivity contribution in [2.45, 2.75) is 13.0 Å². The molecular weight excluding hydrogens is 282 g/mol. The molecule has 22 heavy (non-hydrogen) atoms. The van der Waals surface area contributed by atoms with E-state index in [-0.39, 0.29) is 0 Å². The molecule has 0 bridgehead atoms. The first-order valence-corrected chi connectivity index (χ1v) is 6.77. The Morgan fingerprint density at radius 2 is 1.91 bits per heavy atom. The molecule has 0 radical (unpaired) electrons. The van der Waals surface area contributed by atoms with Gasteiger partial charge in [-0.2, -0.15) is 0 Å².